The van der Waals surface area contributed by atoms with Crippen LogP contribution in [0, 0.1) is 13.8 Å². The topological polar surface area (TPSA) is 54.5 Å². The van der Waals surface area contributed by atoms with Crippen LogP contribution in [-0.4, -0.2) is 14.2 Å². The second-order valence-corrected chi connectivity index (χ2v) is 9.94. The molecule has 170 valence electrons. The van der Waals surface area contributed by atoms with Gasteiger partial charge in [-0.25, -0.2) is 8.42 Å². The quantitative estimate of drug-likeness (QED) is 0.386. The average Bonchev–Trinajstić information content (AvgIpc) is 2.73. The summed E-state index contributed by atoms with van der Waals surface area (Å²) in [4.78, 5) is 13.9. The van der Waals surface area contributed by atoms with E-state index in [1.165, 1.54) is 35.2 Å². The normalized spacial score (nSPS) is 15.1. The first-order valence-corrected chi connectivity index (χ1v) is 11.6. The molecule has 4 rings (SSSR count). The molecule has 9 heteroatoms. The number of sulfone groups is 1. The van der Waals surface area contributed by atoms with Crippen molar-refractivity contribution in [2.75, 3.05) is 4.90 Å². The van der Waals surface area contributed by atoms with E-state index in [1.54, 1.807) is 25.1 Å². The molecule has 33 heavy (non-hydrogen) atoms. The summed E-state index contributed by atoms with van der Waals surface area (Å²) in [5.41, 5.74) is 0.764. The summed E-state index contributed by atoms with van der Waals surface area (Å²) >= 11 is 5.75. The molecule has 3 aromatic carbocycles. The van der Waals surface area contributed by atoms with Crippen LogP contribution in [0.25, 0.3) is 0 Å². The predicted octanol–water partition coefficient (Wildman–Crippen LogP) is 6.63. The zero-order chi connectivity index (χ0) is 24.1. The van der Waals surface area contributed by atoms with Crippen LogP contribution in [0.15, 0.2) is 76.7 Å². The van der Waals surface area contributed by atoms with Crippen molar-refractivity contribution >= 4 is 38.6 Å². The van der Waals surface area contributed by atoms with Crippen LogP contribution in [0.1, 0.15) is 27.0 Å². The second-order valence-electron chi connectivity index (χ2n) is 7.64. The first-order chi connectivity index (χ1) is 15.4. The van der Waals surface area contributed by atoms with Gasteiger partial charge in [-0.2, -0.15) is 13.2 Å². The fourth-order valence-electron chi connectivity index (χ4n) is 3.73. The Bertz CT molecular complexity index is 1430. The van der Waals surface area contributed by atoms with Crippen LogP contribution in [0.5, 0.6) is 0 Å². The third-order valence-corrected chi connectivity index (χ3v) is 7.46. The number of Topliss-reactive ketones (excluding diaryl/α,β-unsaturated/α-hetero) is 1. The van der Waals surface area contributed by atoms with Crippen molar-refractivity contribution in [2.45, 2.75) is 24.9 Å². The number of hydrogen-bond donors (Lipinski definition) is 0. The lowest BCUT2D eigenvalue weighted by Gasteiger charge is -2.29. The molecule has 0 saturated heterocycles. The molecule has 4 nitrogen and oxygen atoms in total. The minimum Gasteiger partial charge on any atom is -0.314 e. The highest BCUT2D eigenvalue weighted by Gasteiger charge is 2.38. The van der Waals surface area contributed by atoms with Gasteiger partial charge in [0.15, 0.2) is 0 Å². The standard InChI is InChI=1S/C24H17ClF3NO3S/c1-14-7-9-17(15(2)11-14)23(30)22-13-29(20-5-3-4-6-21(20)33(22,31)32)16-8-10-19(25)18(12-16)24(26,27)28/h3-13H,1-2H3. The number of allylic oxidation sites excluding steroid dienone is 1. The van der Waals surface area contributed by atoms with E-state index in [-0.39, 0.29) is 21.8 Å². The van der Waals surface area contributed by atoms with Gasteiger partial charge in [-0.15, -0.1) is 0 Å². The molecule has 1 heterocycles. The van der Waals surface area contributed by atoms with E-state index in [0.717, 1.165) is 23.9 Å². The number of hydrogen-bond acceptors (Lipinski definition) is 4. The monoisotopic (exact) mass is 491 g/mol. The van der Waals surface area contributed by atoms with Gasteiger partial charge in [-0.1, -0.05) is 47.5 Å². The van der Waals surface area contributed by atoms with Gasteiger partial charge in [-0.3, -0.25) is 4.79 Å². The van der Waals surface area contributed by atoms with Crippen molar-refractivity contribution < 1.29 is 26.4 Å². The van der Waals surface area contributed by atoms with E-state index in [4.69, 9.17) is 11.6 Å². The Kier molecular flexibility index (Phi) is 5.62. The fraction of sp³-hybridized carbons (Fsp3) is 0.125. The van der Waals surface area contributed by atoms with E-state index < -0.39 is 37.3 Å². The summed E-state index contributed by atoms with van der Waals surface area (Å²) in [6, 6.07) is 14.1. The molecule has 0 atom stereocenters. The summed E-state index contributed by atoms with van der Waals surface area (Å²) in [5.74, 6) is -0.739. The number of benzene rings is 3. The Morgan fingerprint density at radius 3 is 2.33 bits per heavy atom. The molecule has 1 aliphatic heterocycles. The summed E-state index contributed by atoms with van der Waals surface area (Å²) in [7, 11) is -4.22. The summed E-state index contributed by atoms with van der Waals surface area (Å²) in [5, 5.41) is -0.486. The van der Waals surface area contributed by atoms with Gasteiger partial charge in [0.2, 0.25) is 15.6 Å². The third-order valence-electron chi connectivity index (χ3n) is 5.33. The predicted molar refractivity (Wildman–Crippen MR) is 121 cm³/mol. The Hall–Kier alpha value is -3.10. The smallest absolute Gasteiger partial charge is 0.314 e. The minimum atomic E-state index is -4.71. The largest absolute Gasteiger partial charge is 0.417 e. The Balaban J connectivity index is 1.95. The first-order valence-electron chi connectivity index (χ1n) is 9.75. The number of anilines is 2. The fourth-order valence-corrected chi connectivity index (χ4v) is 5.49. The lowest BCUT2D eigenvalue weighted by molar-refractivity contribution is -0.137. The van der Waals surface area contributed by atoms with Gasteiger partial charge >= 0.3 is 6.18 Å². The molecule has 0 spiro atoms. The number of fused-ring (bicyclic) bond motifs is 1. The number of carbonyl (C=O) groups excluding carboxylic acids is 1. The zero-order valence-electron chi connectivity index (χ0n) is 17.4. The van der Waals surface area contributed by atoms with Crippen LogP contribution in [0.4, 0.5) is 24.5 Å². The number of nitrogens with zero attached hydrogens (tertiary/aromatic N) is 1. The maximum Gasteiger partial charge on any atom is 0.417 e. The lowest BCUT2D eigenvalue weighted by atomic mass is 10.0. The van der Waals surface area contributed by atoms with E-state index in [1.807, 2.05) is 6.92 Å². The molecule has 0 radical (unpaired) electrons. The SMILES string of the molecule is Cc1ccc(C(=O)C2=CN(c3ccc(Cl)c(C(F)(F)F)c3)c3ccccc3S2(=O)=O)c(C)c1. The van der Waals surface area contributed by atoms with Crippen LogP contribution in [0.3, 0.4) is 0 Å². The van der Waals surface area contributed by atoms with Crippen molar-refractivity contribution in [3.8, 4) is 0 Å². The van der Waals surface area contributed by atoms with Gasteiger partial charge in [0.25, 0.3) is 0 Å². The molecule has 0 unspecified atom stereocenters. The number of rotatable bonds is 3. The molecule has 0 aromatic heterocycles. The number of alkyl halides is 3. The number of carbonyl (C=O) groups is 1. The maximum absolute atomic E-state index is 13.4. The number of ketones is 1. The van der Waals surface area contributed by atoms with Crippen LogP contribution in [0.2, 0.25) is 5.02 Å². The number of aryl methyl sites for hydroxylation is 2. The van der Waals surface area contributed by atoms with Crippen molar-refractivity contribution in [3.63, 3.8) is 0 Å². The van der Waals surface area contributed by atoms with Crippen molar-refractivity contribution in [1.29, 1.82) is 0 Å². The van der Waals surface area contributed by atoms with Crippen LogP contribution in [-0.2, 0) is 16.0 Å². The summed E-state index contributed by atoms with van der Waals surface area (Å²) < 4.78 is 67.0. The lowest BCUT2D eigenvalue weighted by Crippen LogP contribution is -2.26. The highest BCUT2D eigenvalue weighted by Crippen LogP contribution is 2.43. The molecule has 1 aliphatic rings. The molecule has 0 aliphatic carbocycles. The Morgan fingerprint density at radius 1 is 0.970 bits per heavy atom. The van der Waals surface area contributed by atoms with Crippen LogP contribution < -0.4 is 4.90 Å². The zero-order valence-corrected chi connectivity index (χ0v) is 19.0. The number of halogens is 4. The molecule has 0 N–H and O–H groups in total. The molecular formula is C24H17ClF3NO3S. The highest BCUT2D eigenvalue weighted by molar-refractivity contribution is 7.96. The van der Waals surface area contributed by atoms with E-state index >= 15 is 0 Å². The van der Waals surface area contributed by atoms with E-state index in [2.05, 4.69) is 0 Å². The molecule has 3 aromatic rings. The van der Waals surface area contributed by atoms with Gasteiger partial charge in [0, 0.05) is 17.5 Å². The van der Waals surface area contributed by atoms with E-state index in [9.17, 15) is 26.4 Å². The Labute approximate surface area is 193 Å². The van der Waals surface area contributed by atoms with Crippen LogP contribution >= 0.6 is 11.6 Å². The van der Waals surface area contributed by atoms with Gasteiger partial charge in [0.1, 0.15) is 4.91 Å². The molecule has 0 amide bonds. The van der Waals surface area contributed by atoms with Gasteiger partial charge in [-0.05, 0) is 49.7 Å². The second kappa shape index (κ2) is 8.04. The number of para-hydroxylation sites is 1. The summed E-state index contributed by atoms with van der Waals surface area (Å²) in [6.45, 7) is 3.53. The van der Waals surface area contributed by atoms with Crippen molar-refractivity contribution in [1.82, 2.24) is 0 Å². The average molecular weight is 492 g/mol. The molecule has 0 bridgehead atoms. The van der Waals surface area contributed by atoms with Gasteiger partial charge < -0.3 is 4.90 Å². The Morgan fingerprint density at radius 2 is 1.67 bits per heavy atom. The molecule has 0 fully saturated rings. The maximum atomic E-state index is 13.4. The van der Waals surface area contributed by atoms with Crippen molar-refractivity contribution in [3.05, 3.63) is 99.0 Å². The van der Waals surface area contributed by atoms with E-state index in [0.29, 0.717) is 5.56 Å². The minimum absolute atomic E-state index is 0.0139. The third kappa shape index (κ3) is 4.05. The van der Waals surface area contributed by atoms with Crippen molar-refractivity contribution in [2.24, 2.45) is 0 Å². The first kappa shape index (κ1) is 23.1. The summed E-state index contributed by atoms with van der Waals surface area (Å²) in [6.07, 6.45) is -3.64. The highest BCUT2D eigenvalue weighted by atomic mass is 35.5. The molecular weight excluding hydrogens is 475 g/mol. The van der Waals surface area contributed by atoms with Gasteiger partial charge in [0.05, 0.1) is 21.2 Å². The molecule has 0 saturated carbocycles.